The lowest BCUT2D eigenvalue weighted by atomic mass is 10.1. The van der Waals surface area contributed by atoms with Gasteiger partial charge < -0.3 is 4.90 Å². The molecule has 0 aromatic carbocycles. The molecule has 2 aliphatic heterocycles. The van der Waals surface area contributed by atoms with Gasteiger partial charge in [-0.15, -0.1) is 0 Å². The van der Waals surface area contributed by atoms with Crippen LogP contribution in [0.4, 0.5) is 13.2 Å². The molecule has 0 saturated carbocycles. The van der Waals surface area contributed by atoms with E-state index in [0.717, 1.165) is 36.5 Å². The van der Waals surface area contributed by atoms with Gasteiger partial charge in [-0.05, 0) is 51.3 Å². The van der Waals surface area contributed by atoms with Crippen LogP contribution in [0.15, 0.2) is 12.1 Å². The van der Waals surface area contributed by atoms with E-state index in [-0.39, 0.29) is 29.4 Å². The molecule has 0 N–H and O–H groups in total. The van der Waals surface area contributed by atoms with E-state index in [1.165, 1.54) is 6.42 Å². The minimum Gasteiger partial charge on any atom is -0.341 e. The van der Waals surface area contributed by atoms with Crippen LogP contribution in [0.1, 0.15) is 75.4 Å². The zero-order valence-electron chi connectivity index (χ0n) is 18.3. The molecule has 2 aromatic rings. The van der Waals surface area contributed by atoms with Gasteiger partial charge in [0.15, 0.2) is 5.65 Å². The van der Waals surface area contributed by atoms with E-state index < -0.39 is 11.9 Å². The third kappa shape index (κ3) is 4.42. The number of fused-ring (bicyclic) bond motifs is 1. The van der Waals surface area contributed by atoms with Crippen molar-refractivity contribution in [3.63, 3.8) is 0 Å². The van der Waals surface area contributed by atoms with Crippen LogP contribution in [0, 0.1) is 0 Å². The van der Waals surface area contributed by atoms with Crippen molar-refractivity contribution >= 4 is 11.6 Å². The van der Waals surface area contributed by atoms with Crippen LogP contribution < -0.4 is 0 Å². The summed E-state index contributed by atoms with van der Waals surface area (Å²) in [4.78, 5) is 21.5. The minimum absolute atomic E-state index is 0.0808. The highest BCUT2D eigenvalue weighted by Crippen LogP contribution is 2.33. The molecule has 2 saturated heterocycles. The number of likely N-dealkylation sites (tertiary alicyclic amines) is 2. The number of rotatable bonds is 4. The summed E-state index contributed by atoms with van der Waals surface area (Å²) in [7, 11) is 0. The summed E-state index contributed by atoms with van der Waals surface area (Å²) >= 11 is 0. The first-order valence-electron chi connectivity index (χ1n) is 11.2. The maximum Gasteiger partial charge on any atom is 0.433 e. The van der Waals surface area contributed by atoms with Crippen LogP contribution in [0.5, 0.6) is 0 Å². The Bertz CT molecular complexity index is 949. The number of nitrogens with zero attached hydrogens (tertiary/aromatic N) is 5. The van der Waals surface area contributed by atoms with Gasteiger partial charge in [0, 0.05) is 30.8 Å². The molecule has 9 heteroatoms. The standard InChI is InChI=1S/C22H30F3N5O/c1-14(2)17-11-19(22(23,24)25)30-20(26-17)12-18(27-30)16-7-10-29(13-16)21(31)15(3)28-8-5-4-6-9-28/h11-12,14-16H,4-10,13H2,1-3H3. The Morgan fingerprint density at radius 1 is 1.10 bits per heavy atom. The summed E-state index contributed by atoms with van der Waals surface area (Å²) in [5.41, 5.74) is 0.363. The Morgan fingerprint density at radius 2 is 1.81 bits per heavy atom. The van der Waals surface area contributed by atoms with Crippen LogP contribution in [-0.2, 0) is 11.0 Å². The van der Waals surface area contributed by atoms with E-state index in [4.69, 9.17) is 0 Å². The van der Waals surface area contributed by atoms with Gasteiger partial charge >= 0.3 is 6.18 Å². The van der Waals surface area contributed by atoms with Crippen LogP contribution in [0.25, 0.3) is 5.65 Å². The number of amides is 1. The summed E-state index contributed by atoms with van der Waals surface area (Å²) in [6, 6.07) is 2.57. The normalized spacial score (nSPS) is 21.9. The average Bonchev–Trinajstić information content (AvgIpc) is 3.38. The molecular formula is C22H30F3N5O. The quantitative estimate of drug-likeness (QED) is 0.724. The lowest BCUT2D eigenvalue weighted by Crippen LogP contribution is -2.48. The lowest BCUT2D eigenvalue weighted by Gasteiger charge is -2.33. The molecule has 2 unspecified atom stereocenters. The number of carbonyl (C=O) groups excluding carboxylic acids is 1. The third-order valence-corrected chi connectivity index (χ3v) is 6.56. The second kappa shape index (κ2) is 8.41. The molecule has 0 aliphatic carbocycles. The van der Waals surface area contributed by atoms with E-state index in [2.05, 4.69) is 15.0 Å². The van der Waals surface area contributed by atoms with Gasteiger partial charge in [0.1, 0.15) is 5.69 Å². The van der Waals surface area contributed by atoms with Crippen molar-refractivity contribution in [3.05, 3.63) is 29.2 Å². The Hall–Kier alpha value is -2.16. The fourth-order valence-corrected chi connectivity index (χ4v) is 4.64. The predicted molar refractivity (Wildman–Crippen MR) is 111 cm³/mol. The Kier molecular flexibility index (Phi) is 5.98. The van der Waals surface area contributed by atoms with Gasteiger partial charge in [0.25, 0.3) is 0 Å². The first-order chi connectivity index (χ1) is 14.6. The minimum atomic E-state index is -4.52. The number of alkyl halides is 3. The molecule has 2 aliphatic rings. The molecule has 0 bridgehead atoms. The summed E-state index contributed by atoms with van der Waals surface area (Å²) in [5, 5.41) is 4.28. The zero-order chi connectivity index (χ0) is 22.3. The number of hydrogen-bond donors (Lipinski definition) is 0. The number of halogens is 3. The molecule has 2 atom stereocenters. The molecule has 6 nitrogen and oxygen atoms in total. The molecule has 1 amide bonds. The Morgan fingerprint density at radius 3 is 2.45 bits per heavy atom. The highest BCUT2D eigenvalue weighted by atomic mass is 19.4. The highest BCUT2D eigenvalue weighted by molar-refractivity contribution is 5.81. The molecule has 0 spiro atoms. The molecular weight excluding hydrogens is 407 g/mol. The number of carbonyl (C=O) groups is 1. The van der Waals surface area contributed by atoms with Gasteiger partial charge in [-0.3, -0.25) is 9.69 Å². The second-order valence-electron chi connectivity index (χ2n) is 9.10. The zero-order valence-corrected chi connectivity index (χ0v) is 18.3. The summed E-state index contributed by atoms with van der Waals surface area (Å²) in [6.07, 6.45) is -0.372. The molecule has 2 aromatic heterocycles. The monoisotopic (exact) mass is 437 g/mol. The van der Waals surface area contributed by atoms with E-state index in [9.17, 15) is 18.0 Å². The topological polar surface area (TPSA) is 53.7 Å². The maximum absolute atomic E-state index is 13.6. The first kappa shape index (κ1) is 22.0. The predicted octanol–water partition coefficient (Wildman–Crippen LogP) is 4.06. The summed E-state index contributed by atoms with van der Waals surface area (Å²) < 4.78 is 41.8. The van der Waals surface area contributed by atoms with Gasteiger partial charge in [-0.2, -0.15) is 18.3 Å². The Labute approximate surface area is 180 Å². The van der Waals surface area contributed by atoms with Crippen molar-refractivity contribution in [2.45, 2.75) is 70.5 Å². The van der Waals surface area contributed by atoms with Crippen molar-refractivity contribution in [1.82, 2.24) is 24.4 Å². The summed E-state index contributed by atoms with van der Waals surface area (Å²) in [6.45, 7) is 8.58. The van der Waals surface area contributed by atoms with E-state index in [0.29, 0.717) is 30.9 Å². The lowest BCUT2D eigenvalue weighted by molar-refractivity contribution is -0.142. The fraction of sp³-hybridized carbons (Fsp3) is 0.682. The molecule has 4 heterocycles. The SMILES string of the molecule is CC(C)c1cc(C(F)(F)F)n2nc(C3CCN(C(=O)C(C)N4CCCCC4)C3)cc2n1. The smallest absolute Gasteiger partial charge is 0.341 e. The van der Waals surface area contributed by atoms with Gasteiger partial charge in [0.05, 0.1) is 11.7 Å². The average molecular weight is 438 g/mol. The second-order valence-corrected chi connectivity index (χ2v) is 9.10. The van der Waals surface area contributed by atoms with E-state index >= 15 is 0 Å². The van der Waals surface area contributed by atoms with Crippen molar-refractivity contribution < 1.29 is 18.0 Å². The molecule has 0 radical (unpaired) electrons. The van der Waals surface area contributed by atoms with Crippen molar-refractivity contribution in [3.8, 4) is 0 Å². The largest absolute Gasteiger partial charge is 0.433 e. The van der Waals surface area contributed by atoms with Crippen molar-refractivity contribution in [2.75, 3.05) is 26.2 Å². The van der Waals surface area contributed by atoms with Gasteiger partial charge in [-0.25, -0.2) is 9.50 Å². The third-order valence-electron chi connectivity index (χ3n) is 6.56. The Balaban J connectivity index is 1.55. The van der Waals surface area contributed by atoms with Crippen LogP contribution >= 0.6 is 0 Å². The molecule has 4 rings (SSSR count). The van der Waals surface area contributed by atoms with E-state index in [1.54, 1.807) is 6.07 Å². The van der Waals surface area contributed by atoms with E-state index in [1.807, 2.05) is 25.7 Å². The molecule has 170 valence electrons. The number of aromatic nitrogens is 3. The first-order valence-corrected chi connectivity index (χ1v) is 11.2. The fourth-order valence-electron chi connectivity index (χ4n) is 4.64. The number of piperidine rings is 1. The maximum atomic E-state index is 13.6. The van der Waals surface area contributed by atoms with Crippen LogP contribution in [0.3, 0.4) is 0 Å². The van der Waals surface area contributed by atoms with Gasteiger partial charge in [-0.1, -0.05) is 20.3 Å². The highest BCUT2D eigenvalue weighted by Gasteiger charge is 2.37. The van der Waals surface area contributed by atoms with Crippen LogP contribution in [-0.4, -0.2) is 62.5 Å². The number of hydrogen-bond acceptors (Lipinski definition) is 4. The molecule has 2 fully saturated rings. The summed E-state index contributed by atoms with van der Waals surface area (Å²) in [5.74, 6) is -0.104. The molecule has 31 heavy (non-hydrogen) atoms. The van der Waals surface area contributed by atoms with Crippen molar-refractivity contribution in [1.29, 1.82) is 0 Å². The van der Waals surface area contributed by atoms with Gasteiger partial charge in [0.2, 0.25) is 5.91 Å². The van der Waals surface area contributed by atoms with Crippen LogP contribution in [0.2, 0.25) is 0 Å². The van der Waals surface area contributed by atoms with Crippen molar-refractivity contribution in [2.24, 2.45) is 0 Å².